The van der Waals surface area contributed by atoms with Crippen molar-refractivity contribution in [1.29, 1.82) is 0 Å². The zero-order chi connectivity index (χ0) is 43.3. The SMILES string of the molecule is CC(C)(C)OC(=O)CN(CC(=O)OC(C)(C)C)C[C@@H](Cc1ccc(NC(=O)CONC(=O)OC(C)(C)C)cc1)N(CC(=O)OC(C)(C)C)CC(=O)OC(C)(C)C. The van der Waals surface area contributed by atoms with Crippen molar-refractivity contribution in [2.75, 3.05) is 44.6 Å². The molecule has 1 atom stereocenters. The van der Waals surface area contributed by atoms with E-state index in [1.165, 1.54) is 0 Å². The Kier molecular flexibility index (Phi) is 18.4. The molecule has 0 spiro atoms. The molecular weight excluding hydrogens is 728 g/mol. The van der Waals surface area contributed by atoms with Crippen molar-refractivity contribution in [1.82, 2.24) is 15.3 Å². The monoisotopic (exact) mass is 794 g/mol. The van der Waals surface area contributed by atoms with Gasteiger partial charge in [-0.3, -0.25) is 38.6 Å². The second-order valence-electron chi connectivity index (χ2n) is 18.4. The molecule has 1 rings (SSSR count). The molecule has 2 N–H and O–H groups in total. The van der Waals surface area contributed by atoms with Crippen molar-refractivity contribution >= 4 is 41.6 Å². The highest BCUT2D eigenvalue weighted by Crippen LogP contribution is 2.19. The van der Waals surface area contributed by atoms with Crippen molar-refractivity contribution < 1.29 is 57.3 Å². The lowest BCUT2D eigenvalue weighted by Gasteiger charge is -2.36. The third-order valence-corrected chi connectivity index (χ3v) is 6.50. The first kappa shape index (κ1) is 49.7. The van der Waals surface area contributed by atoms with Crippen molar-refractivity contribution in [2.24, 2.45) is 0 Å². The van der Waals surface area contributed by atoms with E-state index in [4.69, 9.17) is 28.5 Å². The van der Waals surface area contributed by atoms with Crippen LogP contribution in [0.4, 0.5) is 10.5 Å². The number of hydrogen-bond acceptors (Lipinski definition) is 14. The Morgan fingerprint density at radius 3 is 1.30 bits per heavy atom. The Morgan fingerprint density at radius 1 is 0.554 bits per heavy atom. The maximum Gasteiger partial charge on any atom is 0.431 e. The van der Waals surface area contributed by atoms with Crippen LogP contribution in [-0.4, -0.2) is 119 Å². The van der Waals surface area contributed by atoms with Crippen molar-refractivity contribution in [2.45, 2.75) is 144 Å². The molecule has 0 unspecified atom stereocenters. The Bertz CT molecular complexity index is 1420. The number of rotatable bonds is 17. The summed E-state index contributed by atoms with van der Waals surface area (Å²) in [5.41, 5.74) is -0.776. The van der Waals surface area contributed by atoms with E-state index in [1.807, 2.05) is 0 Å². The van der Waals surface area contributed by atoms with E-state index in [-0.39, 0.29) is 39.1 Å². The summed E-state index contributed by atoms with van der Waals surface area (Å²) in [5.74, 6) is -2.92. The van der Waals surface area contributed by atoms with Gasteiger partial charge in [0.05, 0.1) is 26.2 Å². The Balaban J connectivity index is 3.52. The predicted molar refractivity (Wildman–Crippen MR) is 209 cm³/mol. The number of hydrogen-bond donors (Lipinski definition) is 2. The van der Waals surface area contributed by atoms with E-state index in [0.29, 0.717) is 5.69 Å². The lowest BCUT2D eigenvalue weighted by molar-refractivity contribution is -0.165. The minimum atomic E-state index is -0.840. The average molecular weight is 795 g/mol. The van der Waals surface area contributed by atoms with Gasteiger partial charge >= 0.3 is 30.0 Å². The molecule has 56 heavy (non-hydrogen) atoms. The number of carbonyl (C=O) groups is 6. The molecule has 0 radical (unpaired) electrons. The highest BCUT2D eigenvalue weighted by atomic mass is 16.7. The second kappa shape index (κ2) is 20.8. The average Bonchev–Trinajstić information content (AvgIpc) is 2.92. The van der Waals surface area contributed by atoms with Crippen LogP contribution in [-0.2, 0) is 58.9 Å². The second-order valence-corrected chi connectivity index (χ2v) is 18.4. The van der Waals surface area contributed by atoms with Crippen LogP contribution >= 0.6 is 0 Å². The number of nitrogens with zero attached hydrogens (tertiary/aromatic N) is 2. The van der Waals surface area contributed by atoms with Crippen LogP contribution in [0.1, 0.15) is 109 Å². The topological polar surface area (TPSA) is 188 Å². The maximum atomic E-state index is 13.3. The third-order valence-electron chi connectivity index (χ3n) is 6.50. The molecule has 16 heteroatoms. The Hall–Kier alpha value is -4.28. The molecular formula is C40H66N4O12. The molecule has 16 nitrogen and oxygen atoms in total. The molecule has 318 valence electrons. The summed E-state index contributed by atoms with van der Waals surface area (Å²) in [6.07, 6.45) is -0.630. The van der Waals surface area contributed by atoms with Crippen LogP contribution in [0.15, 0.2) is 24.3 Å². The quantitative estimate of drug-likeness (QED) is 0.122. The number of esters is 4. The van der Waals surface area contributed by atoms with Gasteiger partial charge in [-0.1, -0.05) is 12.1 Å². The smallest absolute Gasteiger partial charge is 0.431 e. The molecule has 2 amide bonds. The van der Waals surface area contributed by atoms with Crippen LogP contribution in [0.5, 0.6) is 0 Å². The summed E-state index contributed by atoms with van der Waals surface area (Å²) in [7, 11) is 0. The molecule has 0 saturated heterocycles. The first-order valence-corrected chi connectivity index (χ1v) is 18.6. The number of ether oxygens (including phenoxy) is 5. The van der Waals surface area contributed by atoms with E-state index in [1.54, 1.807) is 138 Å². The van der Waals surface area contributed by atoms with Crippen LogP contribution < -0.4 is 10.8 Å². The first-order chi connectivity index (χ1) is 25.3. The summed E-state index contributed by atoms with van der Waals surface area (Å²) in [6, 6.07) is 6.10. The summed E-state index contributed by atoms with van der Waals surface area (Å²) in [4.78, 5) is 85.3. The van der Waals surface area contributed by atoms with E-state index in [0.717, 1.165) is 5.56 Å². The van der Waals surface area contributed by atoms with Gasteiger partial charge in [0, 0.05) is 18.3 Å². The maximum absolute atomic E-state index is 13.3. The molecule has 0 fully saturated rings. The van der Waals surface area contributed by atoms with E-state index in [2.05, 4.69) is 10.8 Å². The largest absolute Gasteiger partial charge is 0.459 e. The molecule has 0 heterocycles. The van der Waals surface area contributed by atoms with Crippen molar-refractivity contribution in [3.8, 4) is 0 Å². The standard InChI is InChI=1S/C40H66N4O12/c1-36(2,3)52-31(46)22-43(23-32(47)53-37(4,5)6)21-29(44(24-33(48)54-38(7,8)9)25-34(49)55-39(10,11)12)20-27-16-18-28(19-17-27)41-30(45)26-51-42-35(50)56-40(13,14)15/h16-19,29H,20-26H2,1-15H3,(H,41,45)(H,42,50)/t29-/m1/s1. The molecule has 0 aromatic heterocycles. The number of nitrogens with one attached hydrogen (secondary N) is 2. The molecule has 0 saturated carbocycles. The third kappa shape index (κ3) is 25.0. The van der Waals surface area contributed by atoms with Crippen molar-refractivity contribution in [3.05, 3.63) is 29.8 Å². The number of hydroxylamine groups is 1. The molecule has 1 aromatic rings. The zero-order valence-corrected chi connectivity index (χ0v) is 36.1. The number of carbonyl (C=O) groups excluding carboxylic acids is 6. The van der Waals surface area contributed by atoms with Gasteiger partial charge in [-0.25, -0.2) is 4.79 Å². The van der Waals surface area contributed by atoms with Crippen LogP contribution in [0.3, 0.4) is 0 Å². The highest BCUT2D eigenvalue weighted by Gasteiger charge is 2.32. The number of amides is 2. The summed E-state index contributed by atoms with van der Waals surface area (Å²) < 4.78 is 27.5. The van der Waals surface area contributed by atoms with Gasteiger partial charge in [-0.2, -0.15) is 5.48 Å². The van der Waals surface area contributed by atoms with E-state index < -0.39 is 76.5 Å². The number of benzene rings is 1. The van der Waals surface area contributed by atoms with Crippen LogP contribution in [0.2, 0.25) is 0 Å². The molecule has 0 aliphatic heterocycles. The Morgan fingerprint density at radius 2 is 0.929 bits per heavy atom. The molecule has 0 bridgehead atoms. The summed E-state index contributed by atoms with van der Waals surface area (Å²) in [6.45, 7) is 24.1. The summed E-state index contributed by atoms with van der Waals surface area (Å²) in [5, 5.41) is 2.68. The normalized spacial score (nSPS) is 13.1. The summed E-state index contributed by atoms with van der Waals surface area (Å²) >= 11 is 0. The Labute approximate surface area is 332 Å². The zero-order valence-electron chi connectivity index (χ0n) is 36.1. The first-order valence-electron chi connectivity index (χ1n) is 18.6. The van der Waals surface area contributed by atoms with Gasteiger partial charge < -0.3 is 29.0 Å². The van der Waals surface area contributed by atoms with Crippen molar-refractivity contribution in [3.63, 3.8) is 0 Å². The van der Waals surface area contributed by atoms with E-state index in [9.17, 15) is 28.8 Å². The highest BCUT2D eigenvalue weighted by molar-refractivity contribution is 5.91. The molecule has 0 aliphatic carbocycles. The van der Waals surface area contributed by atoms with Gasteiger partial charge in [-0.15, -0.1) is 0 Å². The van der Waals surface area contributed by atoms with Crippen LogP contribution in [0, 0.1) is 0 Å². The van der Waals surface area contributed by atoms with Gasteiger partial charge in [-0.05, 0) is 128 Å². The fourth-order valence-corrected chi connectivity index (χ4v) is 4.95. The van der Waals surface area contributed by atoms with Gasteiger partial charge in [0.2, 0.25) is 0 Å². The minimum Gasteiger partial charge on any atom is -0.459 e. The van der Waals surface area contributed by atoms with Crippen LogP contribution in [0.25, 0.3) is 0 Å². The van der Waals surface area contributed by atoms with E-state index >= 15 is 0 Å². The number of anilines is 1. The van der Waals surface area contributed by atoms with Gasteiger partial charge in [0.1, 0.15) is 28.0 Å². The predicted octanol–water partition coefficient (Wildman–Crippen LogP) is 4.96. The molecule has 1 aromatic carbocycles. The lowest BCUT2D eigenvalue weighted by atomic mass is 10.0. The fourth-order valence-electron chi connectivity index (χ4n) is 4.95. The lowest BCUT2D eigenvalue weighted by Crippen LogP contribution is -2.52. The molecule has 0 aliphatic rings. The van der Waals surface area contributed by atoms with Gasteiger partial charge in [0.15, 0.2) is 6.61 Å². The fraction of sp³-hybridized carbons (Fsp3) is 0.700. The van der Waals surface area contributed by atoms with Gasteiger partial charge in [0.25, 0.3) is 5.91 Å². The minimum absolute atomic E-state index is 0.00452.